The number of imide groups is 1. The zero-order valence-corrected chi connectivity index (χ0v) is 16.9. The molecule has 0 unspecified atom stereocenters. The van der Waals surface area contributed by atoms with Crippen LogP contribution < -0.4 is 14.8 Å². The van der Waals surface area contributed by atoms with Gasteiger partial charge in [-0.25, -0.2) is 4.79 Å². The number of rotatable bonds is 4. The van der Waals surface area contributed by atoms with Crippen LogP contribution in [0.1, 0.15) is 31.2 Å². The van der Waals surface area contributed by atoms with Gasteiger partial charge in [0.05, 0.1) is 0 Å². The lowest BCUT2D eigenvalue weighted by Crippen LogP contribution is -2.52. The molecule has 0 atom stereocenters. The second kappa shape index (κ2) is 7.46. The highest BCUT2D eigenvalue weighted by Crippen LogP contribution is 2.35. The summed E-state index contributed by atoms with van der Waals surface area (Å²) >= 11 is 0. The van der Waals surface area contributed by atoms with Crippen molar-refractivity contribution >= 4 is 17.8 Å². The Morgan fingerprint density at radius 3 is 2.53 bits per heavy atom. The van der Waals surface area contributed by atoms with E-state index >= 15 is 0 Å². The smallest absolute Gasteiger partial charge is 0.325 e. The van der Waals surface area contributed by atoms with E-state index in [2.05, 4.69) is 10.2 Å². The van der Waals surface area contributed by atoms with Gasteiger partial charge < -0.3 is 19.7 Å². The highest BCUT2D eigenvalue weighted by atomic mass is 16.7. The molecule has 1 aromatic rings. The first-order valence-electron chi connectivity index (χ1n) is 10.6. The number of piperazine rings is 1. The van der Waals surface area contributed by atoms with Gasteiger partial charge in [0.15, 0.2) is 11.5 Å². The molecule has 1 aromatic carbocycles. The van der Waals surface area contributed by atoms with Crippen LogP contribution in [0, 0.1) is 0 Å². The summed E-state index contributed by atoms with van der Waals surface area (Å²) in [6.45, 7) is 3.51. The molecule has 1 spiro atoms. The van der Waals surface area contributed by atoms with Crippen molar-refractivity contribution in [2.75, 3.05) is 39.5 Å². The predicted octanol–water partition coefficient (Wildman–Crippen LogP) is 0.924. The third-order valence-corrected chi connectivity index (χ3v) is 6.56. The molecule has 0 aromatic heterocycles. The molecule has 1 aliphatic carbocycles. The number of urea groups is 1. The van der Waals surface area contributed by atoms with Gasteiger partial charge in [-0.3, -0.25) is 19.4 Å². The van der Waals surface area contributed by atoms with Gasteiger partial charge in [0, 0.05) is 32.7 Å². The standard InChI is InChI=1S/C21H26N4O5/c26-18(13-25-19(27)21(22-20(25)28)5-1-2-6-21)24-9-7-23(8-10-24)12-15-3-4-16-17(11-15)30-14-29-16/h3-4,11H,1-2,5-10,12-14H2,(H,22,28). The highest BCUT2D eigenvalue weighted by molar-refractivity contribution is 6.09. The molecule has 5 rings (SSSR count). The van der Waals surface area contributed by atoms with Crippen LogP contribution in [0.15, 0.2) is 18.2 Å². The average molecular weight is 414 g/mol. The van der Waals surface area contributed by atoms with Crippen molar-refractivity contribution < 1.29 is 23.9 Å². The number of carbonyl (C=O) groups excluding carboxylic acids is 3. The van der Waals surface area contributed by atoms with E-state index in [0.29, 0.717) is 25.9 Å². The molecule has 2 saturated heterocycles. The molecule has 4 amide bonds. The monoisotopic (exact) mass is 414 g/mol. The fraction of sp³-hybridized carbons (Fsp3) is 0.571. The summed E-state index contributed by atoms with van der Waals surface area (Å²) in [6.07, 6.45) is 3.19. The first-order chi connectivity index (χ1) is 14.5. The lowest BCUT2D eigenvalue weighted by molar-refractivity contribution is -0.140. The van der Waals surface area contributed by atoms with Crippen LogP contribution in [-0.4, -0.2) is 77.6 Å². The van der Waals surface area contributed by atoms with E-state index in [1.54, 1.807) is 4.90 Å². The van der Waals surface area contributed by atoms with Crippen LogP contribution in [0.2, 0.25) is 0 Å². The van der Waals surface area contributed by atoms with Crippen molar-refractivity contribution in [2.45, 2.75) is 37.8 Å². The van der Waals surface area contributed by atoms with Crippen molar-refractivity contribution in [3.8, 4) is 11.5 Å². The number of nitrogens with one attached hydrogen (secondary N) is 1. The topological polar surface area (TPSA) is 91.4 Å². The number of fused-ring (bicyclic) bond motifs is 1. The van der Waals surface area contributed by atoms with E-state index in [0.717, 1.165) is 54.4 Å². The molecule has 4 aliphatic rings. The fourth-order valence-corrected chi connectivity index (χ4v) is 4.83. The normalized spacial score (nSPS) is 22.8. The van der Waals surface area contributed by atoms with Gasteiger partial charge in [0.2, 0.25) is 12.7 Å². The molecular weight excluding hydrogens is 388 g/mol. The second-order valence-electron chi connectivity index (χ2n) is 8.46. The Labute approximate surface area is 174 Å². The summed E-state index contributed by atoms with van der Waals surface area (Å²) in [5.41, 5.74) is 0.376. The Kier molecular flexibility index (Phi) is 4.77. The van der Waals surface area contributed by atoms with E-state index < -0.39 is 11.6 Å². The molecule has 1 saturated carbocycles. The molecule has 160 valence electrons. The number of amides is 4. The largest absolute Gasteiger partial charge is 0.454 e. The Morgan fingerprint density at radius 2 is 1.77 bits per heavy atom. The lowest BCUT2D eigenvalue weighted by atomic mass is 9.98. The Bertz CT molecular complexity index is 874. The molecule has 3 heterocycles. The molecule has 3 aliphatic heterocycles. The molecule has 0 bridgehead atoms. The first-order valence-corrected chi connectivity index (χ1v) is 10.6. The number of ether oxygens (including phenoxy) is 2. The Balaban J connectivity index is 1.14. The number of hydrogen-bond acceptors (Lipinski definition) is 6. The third kappa shape index (κ3) is 3.36. The van der Waals surface area contributed by atoms with E-state index in [1.165, 1.54) is 0 Å². The van der Waals surface area contributed by atoms with Gasteiger partial charge in [0.25, 0.3) is 5.91 Å². The van der Waals surface area contributed by atoms with Crippen molar-refractivity contribution in [2.24, 2.45) is 0 Å². The SMILES string of the molecule is O=C(CN1C(=O)NC2(CCCC2)C1=O)N1CCN(Cc2ccc3c(c2)OCO3)CC1. The zero-order valence-electron chi connectivity index (χ0n) is 16.9. The average Bonchev–Trinajstić information content (AvgIpc) is 3.45. The van der Waals surface area contributed by atoms with E-state index in [4.69, 9.17) is 9.47 Å². The molecule has 30 heavy (non-hydrogen) atoms. The van der Waals surface area contributed by atoms with Crippen molar-refractivity contribution in [3.05, 3.63) is 23.8 Å². The van der Waals surface area contributed by atoms with Gasteiger partial charge in [-0.2, -0.15) is 0 Å². The van der Waals surface area contributed by atoms with Crippen LogP contribution >= 0.6 is 0 Å². The van der Waals surface area contributed by atoms with Crippen molar-refractivity contribution in [1.82, 2.24) is 20.0 Å². The summed E-state index contributed by atoms with van der Waals surface area (Å²) in [5, 5.41) is 2.83. The van der Waals surface area contributed by atoms with Crippen molar-refractivity contribution in [3.63, 3.8) is 0 Å². The zero-order chi connectivity index (χ0) is 20.7. The molecule has 3 fully saturated rings. The number of hydrogen-bond donors (Lipinski definition) is 1. The first kappa shape index (κ1) is 19.2. The Morgan fingerprint density at radius 1 is 1.03 bits per heavy atom. The number of carbonyl (C=O) groups is 3. The maximum atomic E-state index is 12.7. The van der Waals surface area contributed by atoms with Gasteiger partial charge in [0.1, 0.15) is 12.1 Å². The maximum Gasteiger partial charge on any atom is 0.325 e. The maximum absolute atomic E-state index is 12.7. The van der Waals surface area contributed by atoms with Crippen LogP contribution in [0.3, 0.4) is 0 Å². The van der Waals surface area contributed by atoms with E-state index in [9.17, 15) is 14.4 Å². The van der Waals surface area contributed by atoms with Crippen LogP contribution in [0.25, 0.3) is 0 Å². The van der Waals surface area contributed by atoms with Crippen molar-refractivity contribution in [1.29, 1.82) is 0 Å². The van der Waals surface area contributed by atoms with E-state index in [1.807, 2.05) is 18.2 Å². The number of benzene rings is 1. The quantitative estimate of drug-likeness (QED) is 0.737. The molecule has 9 nitrogen and oxygen atoms in total. The minimum Gasteiger partial charge on any atom is -0.454 e. The summed E-state index contributed by atoms with van der Waals surface area (Å²) in [6, 6.07) is 5.52. The predicted molar refractivity (Wildman–Crippen MR) is 106 cm³/mol. The second-order valence-corrected chi connectivity index (χ2v) is 8.46. The van der Waals surface area contributed by atoms with Gasteiger partial charge in [-0.05, 0) is 30.5 Å². The minimum absolute atomic E-state index is 0.170. The van der Waals surface area contributed by atoms with Crippen LogP contribution in [0.4, 0.5) is 4.79 Å². The van der Waals surface area contributed by atoms with E-state index in [-0.39, 0.29) is 25.2 Å². The minimum atomic E-state index is -0.763. The van der Waals surface area contributed by atoms with Crippen LogP contribution in [-0.2, 0) is 16.1 Å². The summed E-state index contributed by atoms with van der Waals surface area (Å²) < 4.78 is 10.8. The molecule has 0 radical (unpaired) electrons. The Hall–Kier alpha value is -2.81. The molecular formula is C21H26N4O5. The summed E-state index contributed by atoms with van der Waals surface area (Å²) in [4.78, 5) is 42.9. The van der Waals surface area contributed by atoms with Gasteiger partial charge in [-0.15, -0.1) is 0 Å². The van der Waals surface area contributed by atoms with Gasteiger partial charge >= 0.3 is 6.03 Å². The third-order valence-electron chi connectivity index (χ3n) is 6.56. The molecule has 9 heteroatoms. The number of nitrogens with zero attached hydrogens (tertiary/aromatic N) is 3. The summed E-state index contributed by atoms with van der Waals surface area (Å²) in [7, 11) is 0. The van der Waals surface area contributed by atoms with Crippen LogP contribution in [0.5, 0.6) is 11.5 Å². The fourth-order valence-electron chi connectivity index (χ4n) is 4.83. The lowest BCUT2D eigenvalue weighted by Gasteiger charge is -2.35. The van der Waals surface area contributed by atoms with Gasteiger partial charge in [-0.1, -0.05) is 18.9 Å². The highest BCUT2D eigenvalue weighted by Gasteiger charge is 2.52. The summed E-state index contributed by atoms with van der Waals surface area (Å²) in [5.74, 6) is 1.14. The molecule has 1 N–H and O–H groups in total.